The molecule has 5 heteroatoms. The van der Waals surface area contributed by atoms with Gasteiger partial charge in [0.05, 0.1) is 16.9 Å². The molecule has 0 fully saturated rings. The van der Waals surface area contributed by atoms with Crippen molar-refractivity contribution in [1.29, 1.82) is 0 Å². The Morgan fingerprint density at radius 1 is 0.794 bits per heavy atom. The van der Waals surface area contributed by atoms with Crippen molar-refractivity contribution in [2.75, 3.05) is 5.32 Å². The molecule has 1 amide bonds. The Kier molecular flexibility index (Phi) is 5.52. The number of hydrogen-bond donors (Lipinski definition) is 1. The highest BCUT2D eigenvalue weighted by Gasteiger charge is 2.19. The number of anilines is 1. The molecule has 5 aromatic rings. The number of para-hydroxylation sites is 1. The zero-order valence-corrected chi connectivity index (χ0v) is 18.9. The van der Waals surface area contributed by atoms with Gasteiger partial charge in [-0.2, -0.15) is 0 Å². The Balaban J connectivity index is 1.49. The molecule has 0 spiro atoms. The number of fused-ring (bicyclic) bond motifs is 1. The van der Waals surface area contributed by atoms with E-state index in [0.717, 1.165) is 28.0 Å². The minimum Gasteiger partial charge on any atom is -0.321 e. The molecule has 0 aliphatic carbocycles. The molecule has 0 radical (unpaired) electrons. The maximum atomic E-state index is 13.3. The van der Waals surface area contributed by atoms with Crippen molar-refractivity contribution in [1.82, 2.24) is 9.38 Å². The summed E-state index contributed by atoms with van der Waals surface area (Å²) in [5.41, 5.74) is 6.44. The van der Waals surface area contributed by atoms with E-state index in [1.54, 1.807) is 36.4 Å². The molecule has 2 heterocycles. The smallest absolute Gasteiger partial charge is 0.256 e. The molecule has 0 bridgehead atoms. The molecule has 0 atom stereocenters. The van der Waals surface area contributed by atoms with Crippen LogP contribution in [-0.4, -0.2) is 21.1 Å². The number of aromatic nitrogens is 2. The highest BCUT2D eigenvalue weighted by atomic mass is 16.2. The first-order valence-electron chi connectivity index (χ1n) is 11.1. The number of amides is 1. The quantitative estimate of drug-likeness (QED) is 0.332. The molecule has 1 N–H and O–H groups in total. The van der Waals surface area contributed by atoms with E-state index in [1.165, 1.54) is 0 Å². The molecule has 0 unspecified atom stereocenters. The number of pyridine rings is 1. The van der Waals surface area contributed by atoms with Crippen molar-refractivity contribution in [3.05, 3.63) is 125 Å². The molecule has 0 saturated heterocycles. The molecule has 2 aromatic heterocycles. The first-order chi connectivity index (χ1) is 16.5. The van der Waals surface area contributed by atoms with Gasteiger partial charge in [-0.25, -0.2) is 4.98 Å². The first kappa shape index (κ1) is 21.3. The van der Waals surface area contributed by atoms with Gasteiger partial charge in [-0.15, -0.1) is 0 Å². The predicted octanol–water partition coefficient (Wildman–Crippen LogP) is 6.10. The number of carbonyl (C=O) groups excluding carboxylic acids is 2. The van der Waals surface area contributed by atoms with Crippen LogP contribution in [-0.2, 0) is 0 Å². The number of benzene rings is 3. The SMILES string of the molecule is Cc1ccc(C(=O)c2ccccc2C(=O)Nc2ccccc2-c2cn3cccc(C)c3n2)cc1. The second-order valence-corrected chi connectivity index (χ2v) is 8.29. The van der Waals surface area contributed by atoms with Crippen molar-refractivity contribution in [2.24, 2.45) is 0 Å². The number of ketones is 1. The van der Waals surface area contributed by atoms with E-state index in [9.17, 15) is 9.59 Å². The van der Waals surface area contributed by atoms with E-state index in [0.29, 0.717) is 22.4 Å². The summed E-state index contributed by atoms with van der Waals surface area (Å²) < 4.78 is 1.97. The number of carbonyl (C=O) groups is 2. The average molecular weight is 446 g/mol. The highest BCUT2D eigenvalue weighted by Crippen LogP contribution is 2.29. The molecule has 0 aliphatic heterocycles. The second-order valence-electron chi connectivity index (χ2n) is 8.29. The Labute approximate surface area is 197 Å². The summed E-state index contributed by atoms with van der Waals surface area (Å²) in [5, 5.41) is 3.00. The van der Waals surface area contributed by atoms with Crippen molar-refractivity contribution >= 4 is 23.0 Å². The van der Waals surface area contributed by atoms with Crippen LogP contribution in [0, 0.1) is 13.8 Å². The van der Waals surface area contributed by atoms with Gasteiger partial charge in [-0.3, -0.25) is 9.59 Å². The van der Waals surface area contributed by atoms with Gasteiger partial charge in [0.15, 0.2) is 5.78 Å². The van der Waals surface area contributed by atoms with E-state index >= 15 is 0 Å². The summed E-state index contributed by atoms with van der Waals surface area (Å²) in [4.78, 5) is 31.3. The van der Waals surface area contributed by atoms with E-state index in [2.05, 4.69) is 5.32 Å². The van der Waals surface area contributed by atoms with Crippen LogP contribution in [0.15, 0.2) is 97.3 Å². The fourth-order valence-corrected chi connectivity index (χ4v) is 4.03. The average Bonchev–Trinajstić information content (AvgIpc) is 3.30. The predicted molar refractivity (Wildman–Crippen MR) is 134 cm³/mol. The standard InChI is InChI=1S/C29H23N3O2/c1-19-13-15-21(16-14-19)27(33)22-9-3-4-10-23(22)29(34)31-25-12-6-5-11-24(25)26-18-32-17-7-8-20(2)28(32)30-26/h3-18H,1-2H3,(H,31,34). The van der Waals surface area contributed by atoms with Crippen molar-refractivity contribution in [2.45, 2.75) is 13.8 Å². The Hall–Kier alpha value is -4.51. The van der Waals surface area contributed by atoms with Crippen LogP contribution in [0.1, 0.15) is 37.4 Å². The summed E-state index contributed by atoms with van der Waals surface area (Å²) in [6, 6.07) is 25.8. The fraction of sp³-hybridized carbons (Fsp3) is 0.0690. The Bertz CT molecular complexity index is 1530. The number of nitrogens with zero attached hydrogens (tertiary/aromatic N) is 2. The molecular weight excluding hydrogens is 422 g/mol. The zero-order valence-electron chi connectivity index (χ0n) is 18.9. The number of rotatable bonds is 5. The third kappa shape index (κ3) is 3.99. The first-order valence-corrected chi connectivity index (χ1v) is 11.1. The van der Waals surface area contributed by atoms with Gasteiger partial charge in [-0.05, 0) is 37.6 Å². The van der Waals surface area contributed by atoms with Crippen LogP contribution in [0.4, 0.5) is 5.69 Å². The Morgan fingerprint density at radius 2 is 1.50 bits per heavy atom. The number of nitrogens with one attached hydrogen (secondary N) is 1. The molecule has 5 rings (SSSR count). The topological polar surface area (TPSA) is 63.5 Å². The van der Waals surface area contributed by atoms with E-state index in [-0.39, 0.29) is 11.7 Å². The van der Waals surface area contributed by atoms with Gasteiger partial charge < -0.3 is 9.72 Å². The lowest BCUT2D eigenvalue weighted by Gasteiger charge is -2.12. The summed E-state index contributed by atoms with van der Waals surface area (Å²) in [6.07, 6.45) is 3.90. The lowest BCUT2D eigenvalue weighted by molar-refractivity contribution is 0.0996. The van der Waals surface area contributed by atoms with Gasteiger partial charge in [-0.1, -0.05) is 72.3 Å². The lowest BCUT2D eigenvalue weighted by Crippen LogP contribution is -2.17. The summed E-state index contributed by atoms with van der Waals surface area (Å²) in [6.45, 7) is 3.99. The van der Waals surface area contributed by atoms with Gasteiger partial charge >= 0.3 is 0 Å². The van der Waals surface area contributed by atoms with Crippen molar-refractivity contribution < 1.29 is 9.59 Å². The third-order valence-corrected chi connectivity index (χ3v) is 5.86. The van der Waals surface area contributed by atoms with Crippen molar-refractivity contribution in [3.8, 4) is 11.3 Å². The number of imidazole rings is 1. The minimum atomic E-state index is -0.344. The molecule has 3 aromatic carbocycles. The minimum absolute atomic E-state index is 0.185. The second kappa shape index (κ2) is 8.79. The fourth-order valence-electron chi connectivity index (χ4n) is 4.03. The van der Waals surface area contributed by atoms with Crippen molar-refractivity contribution in [3.63, 3.8) is 0 Å². The van der Waals surface area contributed by atoms with Gasteiger partial charge in [0.1, 0.15) is 5.65 Å². The number of aryl methyl sites for hydroxylation is 2. The monoisotopic (exact) mass is 445 g/mol. The van der Waals surface area contributed by atoms with Gasteiger partial charge in [0.25, 0.3) is 5.91 Å². The maximum Gasteiger partial charge on any atom is 0.256 e. The highest BCUT2D eigenvalue weighted by molar-refractivity contribution is 6.18. The van der Waals surface area contributed by atoms with E-state index in [4.69, 9.17) is 4.98 Å². The number of hydrogen-bond acceptors (Lipinski definition) is 3. The van der Waals surface area contributed by atoms with Crippen LogP contribution >= 0.6 is 0 Å². The molecular formula is C29H23N3O2. The van der Waals surface area contributed by atoms with Crippen LogP contribution in [0.3, 0.4) is 0 Å². The van der Waals surface area contributed by atoms with Gasteiger partial charge in [0.2, 0.25) is 0 Å². The summed E-state index contributed by atoms with van der Waals surface area (Å²) in [5.74, 6) is -0.529. The summed E-state index contributed by atoms with van der Waals surface area (Å²) >= 11 is 0. The van der Waals surface area contributed by atoms with Gasteiger partial charge in [0, 0.05) is 29.1 Å². The van der Waals surface area contributed by atoms with Crippen LogP contribution < -0.4 is 5.32 Å². The van der Waals surface area contributed by atoms with E-state index in [1.807, 2.05) is 79.2 Å². The third-order valence-electron chi connectivity index (χ3n) is 5.86. The molecule has 34 heavy (non-hydrogen) atoms. The van der Waals surface area contributed by atoms with Crippen LogP contribution in [0.25, 0.3) is 16.9 Å². The Morgan fingerprint density at radius 3 is 2.26 bits per heavy atom. The molecule has 5 nitrogen and oxygen atoms in total. The van der Waals surface area contributed by atoms with Crippen LogP contribution in [0.2, 0.25) is 0 Å². The molecule has 0 saturated carbocycles. The maximum absolute atomic E-state index is 13.3. The zero-order chi connectivity index (χ0) is 23.7. The molecule has 166 valence electrons. The van der Waals surface area contributed by atoms with E-state index < -0.39 is 0 Å². The normalized spacial score (nSPS) is 10.9. The lowest BCUT2D eigenvalue weighted by atomic mass is 9.97. The summed E-state index contributed by atoms with van der Waals surface area (Å²) in [7, 11) is 0. The molecule has 0 aliphatic rings. The largest absolute Gasteiger partial charge is 0.321 e. The van der Waals surface area contributed by atoms with Crippen LogP contribution in [0.5, 0.6) is 0 Å².